The fourth-order valence-corrected chi connectivity index (χ4v) is 1.96. The molecule has 0 unspecified atom stereocenters. The van der Waals surface area contributed by atoms with Crippen molar-refractivity contribution in [1.29, 1.82) is 0 Å². The Morgan fingerprint density at radius 3 is 2.57 bits per heavy atom. The van der Waals surface area contributed by atoms with E-state index in [4.69, 9.17) is 12.2 Å². The molecule has 2 rings (SSSR count). The molecule has 0 aromatic heterocycles. The lowest BCUT2D eigenvalue weighted by atomic mass is 10.1. The molecule has 0 spiro atoms. The first-order valence-corrected chi connectivity index (χ1v) is 7.24. The highest BCUT2D eigenvalue weighted by Crippen LogP contribution is 2.16. The molecular weight excluding hydrogens is 312 g/mol. The van der Waals surface area contributed by atoms with Gasteiger partial charge in [0.05, 0.1) is 10.6 Å². The lowest BCUT2D eigenvalue weighted by Crippen LogP contribution is -2.42. The van der Waals surface area contributed by atoms with Crippen LogP contribution < -0.4 is 16.2 Å². The van der Waals surface area contributed by atoms with Gasteiger partial charge in [-0.3, -0.25) is 21.0 Å². The van der Waals surface area contributed by atoms with Gasteiger partial charge in [-0.1, -0.05) is 49.0 Å². The number of hydrogen-bond donors (Lipinski definition) is 3. The number of nitro groups is 1. The topological polar surface area (TPSA) is 79.2 Å². The average molecular weight is 328 g/mol. The predicted octanol–water partition coefficient (Wildman–Crippen LogP) is 2.73. The molecule has 118 valence electrons. The summed E-state index contributed by atoms with van der Waals surface area (Å²) >= 11 is 5.15. The van der Waals surface area contributed by atoms with Crippen molar-refractivity contribution in [3.63, 3.8) is 0 Å². The molecule has 6 nitrogen and oxygen atoms in total. The van der Waals surface area contributed by atoms with Crippen molar-refractivity contribution in [3.8, 4) is 0 Å². The summed E-state index contributed by atoms with van der Waals surface area (Å²) in [4.78, 5) is 10.3. The Bertz CT molecular complexity index is 719. The highest BCUT2D eigenvalue weighted by atomic mass is 32.1. The number of nitro benzene ring substituents is 1. The van der Waals surface area contributed by atoms with Gasteiger partial charge in [-0.15, -0.1) is 0 Å². The minimum atomic E-state index is -0.448. The van der Waals surface area contributed by atoms with Crippen LogP contribution in [0.25, 0.3) is 5.70 Å². The molecule has 0 saturated carbocycles. The fourth-order valence-electron chi connectivity index (χ4n) is 1.83. The third-order valence-corrected chi connectivity index (χ3v) is 3.27. The summed E-state index contributed by atoms with van der Waals surface area (Å²) < 4.78 is 0. The van der Waals surface area contributed by atoms with Crippen molar-refractivity contribution in [2.24, 2.45) is 0 Å². The van der Waals surface area contributed by atoms with Crippen molar-refractivity contribution < 1.29 is 4.92 Å². The Morgan fingerprint density at radius 2 is 1.87 bits per heavy atom. The number of nitrogens with one attached hydrogen (secondary N) is 3. The Kier molecular flexibility index (Phi) is 5.65. The maximum atomic E-state index is 10.8. The van der Waals surface area contributed by atoms with Crippen molar-refractivity contribution in [2.75, 3.05) is 0 Å². The van der Waals surface area contributed by atoms with Gasteiger partial charge in [-0.2, -0.15) is 0 Å². The minimum Gasteiger partial charge on any atom is -0.357 e. The van der Waals surface area contributed by atoms with E-state index in [9.17, 15) is 10.1 Å². The van der Waals surface area contributed by atoms with E-state index in [1.807, 2.05) is 30.3 Å². The summed E-state index contributed by atoms with van der Waals surface area (Å²) in [5, 5.41) is 14.2. The van der Waals surface area contributed by atoms with E-state index >= 15 is 0 Å². The molecule has 0 radical (unpaired) electrons. The highest BCUT2D eigenvalue weighted by Gasteiger charge is 2.07. The molecule has 0 atom stereocenters. The molecule has 0 aliphatic carbocycles. The minimum absolute atomic E-state index is 0.00947. The van der Waals surface area contributed by atoms with Crippen LogP contribution >= 0.6 is 12.2 Å². The van der Waals surface area contributed by atoms with E-state index in [0.29, 0.717) is 22.9 Å². The van der Waals surface area contributed by atoms with Crippen LogP contribution in [0.4, 0.5) is 5.69 Å². The third kappa shape index (κ3) is 5.08. The normalized spacial score (nSPS) is 9.74. The maximum Gasteiger partial charge on any atom is 0.270 e. The summed E-state index contributed by atoms with van der Waals surface area (Å²) in [5.41, 5.74) is 7.84. The molecule has 0 heterocycles. The zero-order valence-electron chi connectivity index (χ0n) is 12.3. The molecule has 7 heteroatoms. The molecule has 2 aromatic rings. The van der Waals surface area contributed by atoms with E-state index in [1.54, 1.807) is 12.1 Å². The number of benzene rings is 2. The monoisotopic (exact) mass is 328 g/mol. The van der Waals surface area contributed by atoms with E-state index in [-0.39, 0.29) is 5.69 Å². The van der Waals surface area contributed by atoms with Gasteiger partial charge in [0, 0.05) is 24.2 Å². The standard InChI is InChI=1S/C16H16N4O2S/c1-12(14-8-5-9-15(10-14)20(21)22)18-19-16(23)17-11-13-6-3-2-4-7-13/h2-10,18H,1,11H2,(H2,17,19,23). The Morgan fingerprint density at radius 1 is 1.13 bits per heavy atom. The Labute approximate surface area is 139 Å². The van der Waals surface area contributed by atoms with Crippen LogP contribution in [0.1, 0.15) is 11.1 Å². The largest absolute Gasteiger partial charge is 0.357 e. The van der Waals surface area contributed by atoms with Gasteiger partial charge < -0.3 is 5.32 Å². The van der Waals surface area contributed by atoms with Crippen LogP contribution in [0, 0.1) is 10.1 Å². The van der Waals surface area contributed by atoms with Crippen LogP contribution in [0.3, 0.4) is 0 Å². The van der Waals surface area contributed by atoms with Crippen molar-refractivity contribution in [2.45, 2.75) is 6.54 Å². The Balaban J connectivity index is 1.83. The molecule has 3 N–H and O–H groups in total. The summed E-state index contributed by atoms with van der Waals surface area (Å²) in [6.07, 6.45) is 0. The fraction of sp³-hybridized carbons (Fsp3) is 0.0625. The Hall–Kier alpha value is -2.93. The summed E-state index contributed by atoms with van der Waals surface area (Å²) in [6.45, 7) is 4.43. The highest BCUT2D eigenvalue weighted by molar-refractivity contribution is 7.80. The van der Waals surface area contributed by atoms with Crippen LogP contribution in [0.2, 0.25) is 0 Å². The molecule has 0 amide bonds. The number of non-ortho nitro benzene ring substituents is 1. The summed E-state index contributed by atoms with van der Waals surface area (Å²) in [5.74, 6) is 0. The van der Waals surface area contributed by atoms with Gasteiger partial charge in [0.2, 0.25) is 0 Å². The number of rotatable bonds is 6. The van der Waals surface area contributed by atoms with Crippen molar-refractivity contribution in [1.82, 2.24) is 16.2 Å². The molecule has 0 aliphatic heterocycles. The van der Waals surface area contributed by atoms with Gasteiger partial charge in [0.25, 0.3) is 5.69 Å². The van der Waals surface area contributed by atoms with Crippen LogP contribution in [0.15, 0.2) is 61.2 Å². The lowest BCUT2D eigenvalue weighted by Gasteiger charge is -2.14. The van der Waals surface area contributed by atoms with Gasteiger partial charge >= 0.3 is 0 Å². The number of hydrogen-bond acceptors (Lipinski definition) is 4. The number of thiocarbonyl (C=S) groups is 1. The molecular formula is C16H16N4O2S. The van der Waals surface area contributed by atoms with Crippen LogP contribution in [-0.4, -0.2) is 10.0 Å². The van der Waals surface area contributed by atoms with Gasteiger partial charge in [0.15, 0.2) is 5.11 Å². The second-order valence-electron chi connectivity index (χ2n) is 4.70. The van der Waals surface area contributed by atoms with E-state index in [2.05, 4.69) is 22.7 Å². The van der Waals surface area contributed by atoms with Crippen molar-refractivity contribution in [3.05, 3.63) is 82.4 Å². The first-order valence-electron chi connectivity index (χ1n) is 6.84. The quantitative estimate of drug-likeness (QED) is 0.430. The molecule has 0 fully saturated rings. The molecule has 0 saturated heterocycles. The van der Waals surface area contributed by atoms with Crippen LogP contribution in [-0.2, 0) is 6.54 Å². The van der Waals surface area contributed by atoms with Crippen molar-refractivity contribution >= 4 is 28.7 Å². The third-order valence-electron chi connectivity index (χ3n) is 3.03. The van der Waals surface area contributed by atoms with E-state index in [0.717, 1.165) is 5.56 Å². The first kappa shape index (κ1) is 16.4. The van der Waals surface area contributed by atoms with Gasteiger partial charge in [-0.25, -0.2) is 0 Å². The molecule has 0 aliphatic rings. The van der Waals surface area contributed by atoms with Gasteiger partial charge in [-0.05, 0) is 17.8 Å². The first-order chi connectivity index (χ1) is 11.1. The smallest absolute Gasteiger partial charge is 0.270 e. The SMILES string of the molecule is C=C(NNC(=S)NCc1ccccc1)c1cccc([N+](=O)[O-])c1. The number of nitrogens with zero attached hydrogens (tertiary/aromatic N) is 1. The summed E-state index contributed by atoms with van der Waals surface area (Å²) in [6, 6.07) is 16.0. The zero-order chi connectivity index (χ0) is 16.7. The zero-order valence-corrected chi connectivity index (χ0v) is 13.1. The van der Waals surface area contributed by atoms with E-state index in [1.165, 1.54) is 12.1 Å². The molecule has 0 bridgehead atoms. The van der Waals surface area contributed by atoms with Gasteiger partial charge in [0.1, 0.15) is 0 Å². The number of hydrazine groups is 1. The lowest BCUT2D eigenvalue weighted by molar-refractivity contribution is -0.384. The maximum absolute atomic E-state index is 10.8. The second kappa shape index (κ2) is 7.90. The predicted molar refractivity (Wildman–Crippen MR) is 94.3 cm³/mol. The molecule has 23 heavy (non-hydrogen) atoms. The average Bonchev–Trinajstić information content (AvgIpc) is 2.58. The second-order valence-corrected chi connectivity index (χ2v) is 5.11. The van der Waals surface area contributed by atoms with Crippen LogP contribution in [0.5, 0.6) is 0 Å². The molecule has 2 aromatic carbocycles. The van der Waals surface area contributed by atoms with E-state index < -0.39 is 4.92 Å². The summed E-state index contributed by atoms with van der Waals surface area (Å²) in [7, 11) is 0.